The smallest absolute Gasteiger partial charge is 0.410 e. The molecule has 1 heterocycles. The highest BCUT2D eigenvalue weighted by atomic mass is 32.2. The minimum absolute atomic E-state index is 0.0739. The molecule has 12 heteroatoms. The number of hydrogen-bond donors (Lipinski definition) is 0. The number of hydrazone groups is 1. The van der Waals surface area contributed by atoms with Gasteiger partial charge in [-0.05, 0) is 31.0 Å². The Morgan fingerprint density at radius 3 is 2.52 bits per heavy atom. The van der Waals surface area contributed by atoms with Gasteiger partial charge in [0.1, 0.15) is 12.4 Å². The van der Waals surface area contributed by atoms with Crippen molar-refractivity contribution in [1.29, 1.82) is 0 Å². The van der Waals surface area contributed by atoms with E-state index in [1.165, 1.54) is 49.4 Å². The molecule has 1 saturated heterocycles. The second kappa shape index (κ2) is 8.99. The molecule has 0 N–H and O–H groups in total. The van der Waals surface area contributed by atoms with Gasteiger partial charge in [0.05, 0.1) is 17.2 Å². The van der Waals surface area contributed by atoms with Crippen LogP contribution in [-0.2, 0) is 26.2 Å². The summed E-state index contributed by atoms with van der Waals surface area (Å²) in [5, 5.41) is 14.5. The maximum atomic E-state index is 12.5. The number of sulfonamides is 1. The Morgan fingerprint density at radius 2 is 2.00 bits per heavy atom. The summed E-state index contributed by atoms with van der Waals surface area (Å²) < 4.78 is 28.9. The van der Waals surface area contributed by atoms with Gasteiger partial charge in [0.2, 0.25) is 10.0 Å². The van der Waals surface area contributed by atoms with Crippen molar-refractivity contribution >= 4 is 33.8 Å². The Hall–Kier alpha value is -3.02. The van der Waals surface area contributed by atoms with Crippen LogP contribution in [0.25, 0.3) is 0 Å². The lowest BCUT2D eigenvalue weighted by Gasteiger charge is -2.21. The summed E-state index contributed by atoms with van der Waals surface area (Å²) >= 11 is 0. The van der Waals surface area contributed by atoms with Crippen LogP contribution in [0, 0.1) is 16.0 Å². The topological polar surface area (TPSA) is 139 Å². The SMILES string of the molecule is CC(=O)[C@H]1C[C@@H](/C=N/N(C)S(C)(=O)=O)N(C(=O)OCc2ccc([N+](=O)[O-])cc2)C1. The zero-order valence-electron chi connectivity index (χ0n) is 16.2. The number of rotatable bonds is 7. The first-order valence-electron chi connectivity index (χ1n) is 8.64. The van der Waals surface area contributed by atoms with Crippen molar-refractivity contribution in [2.24, 2.45) is 11.0 Å². The molecule has 0 radical (unpaired) electrons. The number of carbonyl (C=O) groups is 2. The molecule has 2 atom stereocenters. The number of likely N-dealkylation sites (tertiary alicyclic amines) is 1. The molecule has 1 aliphatic rings. The first-order chi connectivity index (χ1) is 13.5. The van der Waals surface area contributed by atoms with Gasteiger partial charge in [-0.25, -0.2) is 13.2 Å². The molecule has 2 rings (SSSR count). The molecule has 29 heavy (non-hydrogen) atoms. The Balaban J connectivity index is 2.06. The minimum atomic E-state index is -3.53. The number of hydrogen-bond acceptors (Lipinski definition) is 8. The third-order valence-electron chi connectivity index (χ3n) is 4.54. The van der Waals surface area contributed by atoms with Crippen LogP contribution >= 0.6 is 0 Å². The van der Waals surface area contributed by atoms with Crippen molar-refractivity contribution in [2.75, 3.05) is 19.8 Å². The molecular weight excluding hydrogens is 404 g/mol. The first-order valence-corrected chi connectivity index (χ1v) is 10.5. The molecule has 0 bridgehead atoms. The summed E-state index contributed by atoms with van der Waals surface area (Å²) in [7, 11) is -2.27. The summed E-state index contributed by atoms with van der Waals surface area (Å²) in [5.74, 6) is -0.493. The molecule has 1 aromatic carbocycles. The van der Waals surface area contributed by atoms with E-state index in [-0.39, 0.29) is 24.6 Å². The Bertz CT molecular complexity index is 914. The van der Waals surface area contributed by atoms with Crippen LogP contribution < -0.4 is 0 Å². The van der Waals surface area contributed by atoms with Crippen LogP contribution in [0.4, 0.5) is 10.5 Å². The normalized spacial score (nSPS) is 19.3. The molecule has 0 aromatic heterocycles. The molecule has 1 aliphatic heterocycles. The molecule has 158 valence electrons. The van der Waals surface area contributed by atoms with Gasteiger partial charge in [0.25, 0.3) is 5.69 Å². The number of carbonyl (C=O) groups excluding carboxylic acids is 2. The number of benzene rings is 1. The standard InChI is InChI=1S/C17H22N4O7S/c1-12(22)14-8-16(9-18-19(2)29(3,26)27)20(10-14)17(23)28-11-13-4-6-15(7-5-13)21(24)25/h4-7,9,14,16H,8,10-11H2,1-3H3/b18-9+/t14-,16-/m0/s1. The number of nitro groups is 1. The lowest BCUT2D eigenvalue weighted by Crippen LogP contribution is -2.37. The van der Waals surface area contributed by atoms with Crippen molar-refractivity contribution in [1.82, 2.24) is 9.31 Å². The summed E-state index contributed by atoms with van der Waals surface area (Å²) in [6.07, 6.45) is 1.92. The van der Waals surface area contributed by atoms with Crippen LogP contribution in [0.5, 0.6) is 0 Å². The van der Waals surface area contributed by atoms with Crippen molar-refractivity contribution in [3.05, 3.63) is 39.9 Å². The summed E-state index contributed by atoms with van der Waals surface area (Å²) in [6.45, 7) is 1.45. The number of non-ortho nitro benzene ring substituents is 1. The van der Waals surface area contributed by atoms with Gasteiger partial charge in [0.15, 0.2) is 0 Å². The van der Waals surface area contributed by atoms with Crippen LogP contribution in [0.3, 0.4) is 0 Å². The molecule has 0 unspecified atom stereocenters. The minimum Gasteiger partial charge on any atom is -0.445 e. The van der Waals surface area contributed by atoms with Crippen LogP contribution in [0.1, 0.15) is 18.9 Å². The molecular formula is C17H22N4O7S. The van der Waals surface area contributed by atoms with E-state index in [1.54, 1.807) is 0 Å². The second-order valence-corrected chi connectivity index (χ2v) is 8.70. The predicted octanol–water partition coefficient (Wildman–Crippen LogP) is 1.39. The van der Waals surface area contributed by atoms with Crippen molar-refractivity contribution < 1.29 is 27.7 Å². The number of ketones is 1. The third-order valence-corrected chi connectivity index (χ3v) is 5.60. The lowest BCUT2D eigenvalue weighted by molar-refractivity contribution is -0.384. The average molecular weight is 426 g/mol. The van der Waals surface area contributed by atoms with Gasteiger partial charge >= 0.3 is 6.09 Å². The number of amides is 1. The van der Waals surface area contributed by atoms with E-state index in [0.29, 0.717) is 12.0 Å². The highest BCUT2D eigenvalue weighted by molar-refractivity contribution is 7.88. The molecule has 0 aliphatic carbocycles. The lowest BCUT2D eigenvalue weighted by atomic mass is 10.0. The van der Waals surface area contributed by atoms with Crippen molar-refractivity contribution in [3.8, 4) is 0 Å². The van der Waals surface area contributed by atoms with Gasteiger partial charge in [-0.2, -0.15) is 9.52 Å². The van der Waals surface area contributed by atoms with Gasteiger partial charge in [-0.3, -0.25) is 19.8 Å². The van der Waals surface area contributed by atoms with Crippen molar-refractivity contribution in [3.63, 3.8) is 0 Å². The van der Waals surface area contributed by atoms with Gasteiger partial charge < -0.3 is 4.74 Å². The molecule has 0 saturated carbocycles. The average Bonchev–Trinajstić information content (AvgIpc) is 3.08. The Labute approximate surface area is 168 Å². The predicted molar refractivity (Wildman–Crippen MR) is 104 cm³/mol. The highest BCUT2D eigenvalue weighted by Crippen LogP contribution is 2.24. The Kier molecular flexibility index (Phi) is 6.90. The number of ether oxygens (including phenoxy) is 1. The van der Waals surface area contributed by atoms with E-state index < -0.39 is 33.0 Å². The zero-order chi connectivity index (χ0) is 21.8. The maximum Gasteiger partial charge on any atom is 0.410 e. The monoisotopic (exact) mass is 426 g/mol. The number of Topliss-reactive ketones (excluding diaryl/α,β-unsaturated/α-hetero) is 1. The maximum absolute atomic E-state index is 12.5. The van der Waals surface area contributed by atoms with Crippen molar-refractivity contribution in [2.45, 2.75) is 26.0 Å². The highest BCUT2D eigenvalue weighted by Gasteiger charge is 2.37. The second-order valence-electron chi connectivity index (χ2n) is 6.70. The van der Waals surface area contributed by atoms with Crippen LogP contribution in [-0.4, -0.2) is 66.6 Å². The fraction of sp³-hybridized carbons (Fsp3) is 0.471. The summed E-state index contributed by atoms with van der Waals surface area (Å²) in [6, 6.07) is 4.97. The fourth-order valence-corrected chi connectivity index (χ4v) is 2.94. The van der Waals surface area contributed by atoms with E-state index in [0.717, 1.165) is 10.7 Å². The first kappa shape index (κ1) is 22.3. The van der Waals surface area contributed by atoms with E-state index in [2.05, 4.69) is 5.10 Å². The molecule has 11 nitrogen and oxygen atoms in total. The van der Waals surface area contributed by atoms with E-state index >= 15 is 0 Å². The third kappa shape index (κ3) is 5.98. The van der Waals surface area contributed by atoms with Gasteiger partial charge in [0, 0.05) is 37.9 Å². The summed E-state index contributed by atoms with van der Waals surface area (Å²) in [5.41, 5.74) is 0.489. The van der Waals surface area contributed by atoms with Gasteiger partial charge in [-0.1, -0.05) is 0 Å². The fourth-order valence-electron chi connectivity index (χ4n) is 2.71. The van der Waals surface area contributed by atoms with Gasteiger partial charge in [-0.15, -0.1) is 0 Å². The van der Waals surface area contributed by atoms with Crippen LogP contribution in [0.15, 0.2) is 29.4 Å². The summed E-state index contributed by atoms with van der Waals surface area (Å²) in [4.78, 5) is 35.7. The quantitative estimate of drug-likeness (QED) is 0.364. The van der Waals surface area contributed by atoms with E-state index in [1.807, 2.05) is 0 Å². The molecule has 1 fully saturated rings. The van der Waals surface area contributed by atoms with E-state index in [4.69, 9.17) is 4.74 Å². The zero-order valence-corrected chi connectivity index (χ0v) is 17.0. The largest absolute Gasteiger partial charge is 0.445 e. The Morgan fingerprint density at radius 1 is 1.38 bits per heavy atom. The van der Waals surface area contributed by atoms with Crippen LogP contribution in [0.2, 0.25) is 0 Å². The number of nitrogens with zero attached hydrogens (tertiary/aromatic N) is 4. The van der Waals surface area contributed by atoms with E-state index in [9.17, 15) is 28.1 Å². The molecule has 1 amide bonds. The molecule has 0 spiro atoms. The molecule has 1 aromatic rings. The number of nitro benzene ring substituents is 1.